The monoisotopic (exact) mass is 363 g/mol. The van der Waals surface area contributed by atoms with Crippen LogP contribution < -0.4 is 10.6 Å². The molecule has 0 saturated heterocycles. The van der Waals surface area contributed by atoms with Gasteiger partial charge in [0.1, 0.15) is 23.6 Å². The first-order valence-corrected chi connectivity index (χ1v) is 7.55. The van der Waals surface area contributed by atoms with Gasteiger partial charge in [0.25, 0.3) is 5.91 Å². The van der Waals surface area contributed by atoms with Crippen LogP contribution in [0.3, 0.4) is 0 Å². The van der Waals surface area contributed by atoms with Gasteiger partial charge in [0.2, 0.25) is 0 Å². The molecule has 9 heteroatoms. The van der Waals surface area contributed by atoms with Crippen molar-refractivity contribution < 1.29 is 9.32 Å². The molecule has 0 aliphatic rings. The molecule has 7 nitrogen and oxygen atoms in total. The SMILES string of the molecule is Cc1cc(Nc2cc(C(=O)Nc3ccc(Cl)c(Cl)c3)ncn2)no1. The van der Waals surface area contributed by atoms with Gasteiger partial charge in [0.05, 0.1) is 10.0 Å². The maximum Gasteiger partial charge on any atom is 0.274 e. The van der Waals surface area contributed by atoms with Crippen LogP contribution in [0.15, 0.2) is 41.2 Å². The second kappa shape index (κ2) is 6.86. The summed E-state index contributed by atoms with van der Waals surface area (Å²) in [4.78, 5) is 20.3. The third-order valence-corrected chi connectivity index (χ3v) is 3.70. The quantitative estimate of drug-likeness (QED) is 0.725. The number of rotatable bonds is 4. The molecule has 0 saturated carbocycles. The lowest BCUT2D eigenvalue weighted by molar-refractivity contribution is 0.102. The first-order valence-electron chi connectivity index (χ1n) is 6.80. The van der Waals surface area contributed by atoms with E-state index >= 15 is 0 Å². The summed E-state index contributed by atoms with van der Waals surface area (Å²) < 4.78 is 4.96. The number of hydrogen-bond donors (Lipinski definition) is 2. The van der Waals surface area contributed by atoms with Crippen LogP contribution in [0.2, 0.25) is 10.0 Å². The van der Waals surface area contributed by atoms with Crippen molar-refractivity contribution in [3.05, 3.63) is 58.2 Å². The van der Waals surface area contributed by atoms with Gasteiger partial charge in [0, 0.05) is 17.8 Å². The Morgan fingerprint density at radius 3 is 2.62 bits per heavy atom. The fourth-order valence-corrected chi connectivity index (χ4v) is 2.17. The smallest absolute Gasteiger partial charge is 0.274 e. The number of anilines is 3. The molecule has 0 atom stereocenters. The molecular weight excluding hydrogens is 353 g/mol. The Hall–Kier alpha value is -2.64. The number of hydrogen-bond acceptors (Lipinski definition) is 6. The summed E-state index contributed by atoms with van der Waals surface area (Å²) in [6.07, 6.45) is 1.28. The zero-order valence-electron chi connectivity index (χ0n) is 12.4. The van der Waals surface area contributed by atoms with Gasteiger partial charge >= 0.3 is 0 Å². The Bertz CT molecular complexity index is 897. The van der Waals surface area contributed by atoms with E-state index in [1.807, 2.05) is 0 Å². The van der Waals surface area contributed by atoms with Crippen molar-refractivity contribution >= 4 is 46.4 Å². The van der Waals surface area contributed by atoms with E-state index in [-0.39, 0.29) is 5.69 Å². The summed E-state index contributed by atoms with van der Waals surface area (Å²) >= 11 is 11.8. The van der Waals surface area contributed by atoms with Crippen molar-refractivity contribution in [2.24, 2.45) is 0 Å². The van der Waals surface area contributed by atoms with Crippen LogP contribution in [0.25, 0.3) is 0 Å². The summed E-state index contributed by atoms with van der Waals surface area (Å²) in [5, 5.41) is 10.2. The van der Waals surface area contributed by atoms with Gasteiger partial charge in [-0.05, 0) is 25.1 Å². The van der Waals surface area contributed by atoms with Crippen molar-refractivity contribution in [3.8, 4) is 0 Å². The Morgan fingerprint density at radius 2 is 1.92 bits per heavy atom. The zero-order chi connectivity index (χ0) is 17.1. The lowest BCUT2D eigenvalue weighted by Gasteiger charge is -2.07. The van der Waals surface area contributed by atoms with Gasteiger partial charge in [-0.15, -0.1) is 0 Å². The molecule has 122 valence electrons. The number of nitrogens with zero attached hydrogens (tertiary/aromatic N) is 3. The topological polar surface area (TPSA) is 92.9 Å². The Morgan fingerprint density at radius 1 is 1.08 bits per heavy atom. The van der Waals surface area contributed by atoms with Crippen LogP contribution in [0.4, 0.5) is 17.3 Å². The number of carbonyl (C=O) groups excluding carboxylic acids is 1. The summed E-state index contributed by atoms with van der Waals surface area (Å²) in [7, 11) is 0. The number of aryl methyl sites for hydroxylation is 1. The third kappa shape index (κ3) is 3.81. The summed E-state index contributed by atoms with van der Waals surface area (Å²) in [5.74, 6) is 1.15. The van der Waals surface area contributed by atoms with Crippen molar-refractivity contribution in [2.75, 3.05) is 10.6 Å². The minimum Gasteiger partial charge on any atom is -0.360 e. The van der Waals surface area contributed by atoms with Crippen LogP contribution in [-0.2, 0) is 0 Å². The molecule has 0 fully saturated rings. The van der Waals surface area contributed by atoms with Crippen molar-refractivity contribution in [1.29, 1.82) is 0 Å². The van der Waals surface area contributed by atoms with E-state index in [1.165, 1.54) is 12.4 Å². The molecule has 0 unspecified atom stereocenters. The third-order valence-electron chi connectivity index (χ3n) is 2.96. The van der Waals surface area contributed by atoms with Crippen LogP contribution in [0.5, 0.6) is 0 Å². The standard InChI is InChI=1S/C15H11Cl2N5O2/c1-8-4-14(22-24-8)21-13-6-12(18-7-19-13)15(23)20-9-2-3-10(16)11(17)5-9/h2-7H,1H3,(H,20,23)(H,18,19,21,22). The largest absolute Gasteiger partial charge is 0.360 e. The van der Waals surface area contributed by atoms with Crippen molar-refractivity contribution in [2.45, 2.75) is 6.92 Å². The second-order valence-electron chi connectivity index (χ2n) is 4.82. The molecule has 0 spiro atoms. The number of amides is 1. The molecule has 1 amide bonds. The van der Waals surface area contributed by atoms with Crippen molar-refractivity contribution in [1.82, 2.24) is 15.1 Å². The Kier molecular flexibility index (Phi) is 4.64. The lowest BCUT2D eigenvalue weighted by atomic mass is 10.3. The zero-order valence-corrected chi connectivity index (χ0v) is 13.9. The number of benzene rings is 1. The highest BCUT2D eigenvalue weighted by molar-refractivity contribution is 6.42. The minimum absolute atomic E-state index is 0.179. The number of nitrogens with one attached hydrogen (secondary N) is 2. The maximum atomic E-state index is 12.3. The fourth-order valence-electron chi connectivity index (χ4n) is 1.88. The molecule has 24 heavy (non-hydrogen) atoms. The first-order chi connectivity index (χ1) is 11.5. The average molecular weight is 364 g/mol. The van der Waals surface area contributed by atoms with E-state index in [1.54, 1.807) is 31.2 Å². The van der Waals surface area contributed by atoms with Crippen LogP contribution in [0.1, 0.15) is 16.2 Å². The van der Waals surface area contributed by atoms with E-state index in [2.05, 4.69) is 25.8 Å². The lowest BCUT2D eigenvalue weighted by Crippen LogP contribution is -2.14. The number of carbonyl (C=O) groups is 1. The van der Waals surface area contributed by atoms with Gasteiger partial charge in [-0.1, -0.05) is 28.4 Å². The Balaban J connectivity index is 1.75. The van der Waals surface area contributed by atoms with Crippen LogP contribution in [0, 0.1) is 6.92 Å². The molecule has 2 N–H and O–H groups in total. The van der Waals surface area contributed by atoms with Crippen LogP contribution in [-0.4, -0.2) is 21.0 Å². The van der Waals surface area contributed by atoms with Gasteiger partial charge in [-0.25, -0.2) is 9.97 Å². The molecule has 2 heterocycles. The highest BCUT2D eigenvalue weighted by Crippen LogP contribution is 2.25. The normalized spacial score (nSPS) is 10.5. The number of aromatic nitrogens is 3. The van der Waals surface area contributed by atoms with Gasteiger partial charge in [-0.3, -0.25) is 4.79 Å². The molecule has 0 radical (unpaired) electrons. The fraction of sp³-hybridized carbons (Fsp3) is 0.0667. The summed E-state index contributed by atoms with van der Waals surface area (Å²) in [6, 6.07) is 8.00. The number of halogens is 2. The van der Waals surface area contributed by atoms with E-state index in [0.29, 0.717) is 33.1 Å². The summed E-state index contributed by atoms with van der Waals surface area (Å²) in [6.45, 7) is 1.77. The predicted molar refractivity (Wildman–Crippen MR) is 91.0 cm³/mol. The van der Waals surface area contributed by atoms with E-state index in [4.69, 9.17) is 27.7 Å². The molecule has 3 rings (SSSR count). The van der Waals surface area contributed by atoms with E-state index < -0.39 is 5.91 Å². The van der Waals surface area contributed by atoms with Gasteiger partial charge in [0.15, 0.2) is 5.82 Å². The summed E-state index contributed by atoms with van der Waals surface area (Å²) in [5.41, 5.74) is 0.688. The first kappa shape index (κ1) is 16.2. The molecule has 2 aromatic heterocycles. The van der Waals surface area contributed by atoms with Gasteiger partial charge < -0.3 is 15.2 Å². The highest BCUT2D eigenvalue weighted by Gasteiger charge is 2.11. The Labute approximate surface area is 147 Å². The van der Waals surface area contributed by atoms with Crippen molar-refractivity contribution in [3.63, 3.8) is 0 Å². The molecule has 3 aromatic rings. The molecular formula is C15H11Cl2N5O2. The predicted octanol–water partition coefficient (Wildman–Crippen LogP) is 4.08. The second-order valence-corrected chi connectivity index (χ2v) is 5.63. The molecule has 0 aliphatic carbocycles. The highest BCUT2D eigenvalue weighted by atomic mass is 35.5. The molecule has 0 aliphatic heterocycles. The maximum absolute atomic E-state index is 12.3. The average Bonchev–Trinajstić information content (AvgIpc) is 2.96. The molecule has 1 aromatic carbocycles. The minimum atomic E-state index is -0.407. The molecule has 0 bridgehead atoms. The van der Waals surface area contributed by atoms with Gasteiger partial charge in [-0.2, -0.15) is 0 Å². The van der Waals surface area contributed by atoms with Crippen LogP contribution >= 0.6 is 23.2 Å². The van der Waals surface area contributed by atoms with E-state index in [9.17, 15) is 4.79 Å². The van der Waals surface area contributed by atoms with E-state index in [0.717, 1.165) is 0 Å².